The van der Waals surface area contributed by atoms with Crippen LogP contribution in [0.15, 0.2) is 66.7 Å². The lowest BCUT2D eigenvalue weighted by Crippen LogP contribution is -2.35. The minimum Gasteiger partial charge on any atom is -0.507 e. The van der Waals surface area contributed by atoms with Gasteiger partial charge in [-0.3, -0.25) is 9.69 Å². The van der Waals surface area contributed by atoms with E-state index in [0.29, 0.717) is 25.4 Å². The molecule has 1 heterocycles. The van der Waals surface area contributed by atoms with Crippen molar-refractivity contribution in [1.29, 1.82) is 0 Å². The number of nitrogens with zero attached hydrogens (tertiary/aromatic N) is 2. The number of rotatable bonds is 9. The van der Waals surface area contributed by atoms with Gasteiger partial charge in [0.1, 0.15) is 23.1 Å². The third kappa shape index (κ3) is 6.15. The van der Waals surface area contributed by atoms with Crippen LogP contribution in [0.3, 0.4) is 0 Å². The standard InChI is InChI=1S/C29H33FN2O4/c1-20(33)32(15-21-4-9-25(30)10-5-21)18-24-17-31(16-23-8-13-27(36-3)14-29(23)34)19-28(24)22-6-11-26(35-2)12-7-22/h4-14,24,28,34H,15-19H2,1-3H3/t24-,28+/m1/s1. The van der Waals surface area contributed by atoms with Crippen molar-refractivity contribution in [3.05, 3.63) is 89.2 Å². The first-order chi connectivity index (χ1) is 17.4. The zero-order valence-electron chi connectivity index (χ0n) is 21.0. The molecule has 2 atom stereocenters. The summed E-state index contributed by atoms with van der Waals surface area (Å²) in [7, 11) is 3.22. The van der Waals surface area contributed by atoms with Gasteiger partial charge in [-0.1, -0.05) is 30.3 Å². The van der Waals surface area contributed by atoms with Crippen LogP contribution in [0.2, 0.25) is 0 Å². The number of methoxy groups -OCH3 is 2. The fourth-order valence-electron chi connectivity index (χ4n) is 4.95. The van der Waals surface area contributed by atoms with Gasteiger partial charge in [0.15, 0.2) is 0 Å². The van der Waals surface area contributed by atoms with Crippen molar-refractivity contribution in [3.8, 4) is 17.2 Å². The number of ether oxygens (including phenoxy) is 2. The van der Waals surface area contributed by atoms with Gasteiger partial charge in [-0.15, -0.1) is 0 Å². The van der Waals surface area contributed by atoms with Gasteiger partial charge in [-0.2, -0.15) is 0 Å². The van der Waals surface area contributed by atoms with E-state index in [1.165, 1.54) is 17.7 Å². The van der Waals surface area contributed by atoms with E-state index in [-0.39, 0.29) is 29.3 Å². The summed E-state index contributed by atoms with van der Waals surface area (Å²) >= 11 is 0. The van der Waals surface area contributed by atoms with Crippen molar-refractivity contribution in [2.45, 2.75) is 25.9 Å². The molecule has 3 aromatic carbocycles. The third-order valence-corrected chi connectivity index (χ3v) is 6.93. The predicted molar refractivity (Wildman–Crippen MR) is 137 cm³/mol. The Morgan fingerprint density at radius 1 is 1.00 bits per heavy atom. The van der Waals surface area contributed by atoms with Crippen molar-refractivity contribution in [2.24, 2.45) is 5.92 Å². The molecule has 1 aliphatic rings. The maximum absolute atomic E-state index is 13.4. The molecule has 1 saturated heterocycles. The zero-order chi connectivity index (χ0) is 25.7. The quantitative estimate of drug-likeness (QED) is 0.464. The highest BCUT2D eigenvalue weighted by molar-refractivity contribution is 5.73. The second-order valence-electron chi connectivity index (χ2n) is 9.35. The molecule has 0 unspecified atom stereocenters. The Morgan fingerprint density at radius 3 is 2.28 bits per heavy atom. The summed E-state index contributed by atoms with van der Waals surface area (Å²) < 4.78 is 23.9. The van der Waals surface area contributed by atoms with Crippen molar-refractivity contribution in [3.63, 3.8) is 0 Å². The van der Waals surface area contributed by atoms with Crippen LogP contribution in [0.4, 0.5) is 4.39 Å². The Morgan fingerprint density at radius 2 is 1.67 bits per heavy atom. The number of hydrogen-bond donors (Lipinski definition) is 1. The first kappa shape index (κ1) is 25.5. The van der Waals surface area contributed by atoms with E-state index >= 15 is 0 Å². The number of phenols is 1. The fourth-order valence-corrected chi connectivity index (χ4v) is 4.95. The average molecular weight is 493 g/mol. The van der Waals surface area contributed by atoms with Crippen LogP contribution in [0.1, 0.15) is 29.5 Å². The first-order valence-electron chi connectivity index (χ1n) is 12.1. The number of benzene rings is 3. The minimum atomic E-state index is -0.291. The van der Waals surface area contributed by atoms with Gasteiger partial charge in [0.05, 0.1) is 14.2 Å². The van der Waals surface area contributed by atoms with E-state index < -0.39 is 0 Å². The second kappa shape index (κ2) is 11.4. The highest BCUT2D eigenvalue weighted by Crippen LogP contribution is 2.36. The Balaban J connectivity index is 1.55. The normalized spacial score (nSPS) is 17.7. The van der Waals surface area contributed by atoms with Crippen LogP contribution in [-0.4, -0.2) is 54.7 Å². The maximum Gasteiger partial charge on any atom is 0.219 e. The molecule has 0 radical (unpaired) electrons. The number of amides is 1. The van der Waals surface area contributed by atoms with Gasteiger partial charge in [0.25, 0.3) is 0 Å². The number of carbonyl (C=O) groups excluding carboxylic acids is 1. The van der Waals surface area contributed by atoms with E-state index in [1.807, 2.05) is 29.2 Å². The van der Waals surface area contributed by atoms with Gasteiger partial charge in [0.2, 0.25) is 5.91 Å². The third-order valence-electron chi connectivity index (χ3n) is 6.93. The summed E-state index contributed by atoms with van der Waals surface area (Å²) in [5, 5.41) is 10.5. The minimum absolute atomic E-state index is 0.0148. The molecule has 36 heavy (non-hydrogen) atoms. The van der Waals surface area contributed by atoms with Crippen LogP contribution in [-0.2, 0) is 17.9 Å². The van der Waals surface area contributed by atoms with Crippen LogP contribution in [0.5, 0.6) is 17.2 Å². The molecule has 6 nitrogen and oxygen atoms in total. The fraction of sp³-hybridized carbons (Fsp3) is 0.345. The molecule has 0 aromatic heterocycles. The molecule has 1 fully saturated rings. The highest BCUT2D eigenvalue weighted by Gasteiger charge is 2.35. The Hall–Kier alpha value is -3.58. The van der Waals surface area contributed by atoms with Gasteiger partial charge in [-0.25, -0.2) is 4.39 Å². The lowest BCUT2D eigenvalue weighted by molar-refractivity contribution is -0.130. The molecule has 190 valence electrons. The van der Waals surface area contributed by atoms with Gasteiger partial charge in [0, 0.05) is 57.2 Å². The molecule has 0 saturated carbocycles. The summed E-state index contributed by atoms with van der Waals surface area (Å²) in [4.78, 5) is 16.7. The lowest BCUT2D eigenvalue weighted by Gasteiger charge is -2.28. The number of carbonyl (C=O) groups is 1. The number of likely N-dealkylation sites (tertiary alicyclic amines) is 1. The first-order valence-corrected chi connectivity index (χ1v) is 12.1. The highest BCUT2D eigenvalue weighted by atomic mass is 19.1. The van der Waals surface area contributed by atoms with E-state index in [1.54, 1.807) is 39.3 Å². The monoisotopic (exact) mass is 492 g/mol. The average Bonchev–Trinajstić information content (AvgIpc) is 3.28. The largest absolute Gasteiger partial charge is 0.507 e. The van der Waals surface area contributed by atoms with Crippen molar-refractivity contribution in [2.75, 3.05) is 33.9 Å². The molecular formula is C29H33FN2O4. The molecule has 1 amide bonds. The van der Waals surface area contributed by atoms with E-state index in [2.05, 4.69) is 17.0 Å². The van der Waals surface area contributed by atoms with Crippen molar-refractivity contribution < 1.29 is 23.8 Å². The second-order valence-corrected chi connectivity index (χ2v) is 9.35. The van der Waals surface area contributed by atoms with Crippen LogP contribution < -0.4 is 9.47 Å². The lowest BCUT2D eigenvalue weighted by atomic mass is 9.88. The smallest absolute Gasteiger partial charge is 0.219 e. The van der Waals surface area contributed by atoms with Gasteiger partial charge < -0.3 is 19.5 Å². The number of phenolic OH excluding ortho intramolecular Hbond substituents is 1. The zero-order valence-corrected chi connectivity index (χ0v) is 21.0. The molecule has 1 aliphatic heterocycles. The topological polar surface area (TPSA) is 62.2 Å². The molecule has 4 rings (SSSR count). The number of hydrogen-bond acceptors (Lipinski definition) is 5. The summed E-state index contributed by atoms with van der Waals surface area (Å²) in [6.07, 6.45) is 0. The van der Waals surface area contributed by atoms with E-state index in [4.69, 9.17) is 9.47 Å². The summed E-state index contributed by atoms with van der Waals surface area (Å²) in [5.74, 6) is 1.70. The Labute approximate surface area is 211 Å². The summed E-state index contributed by atoms with van der Waals surface area (Å²) in [6, 6.07) is 19.8. The molecule has 1 N–H and O–H groups in total. The van der Waals surface area contributed by atoms with E-state index in [9.17, 15) is 14.3 Å². The van der Waals surface area contributed by atoms with Gasteiger partial charge in [-0.05, 0) is 47.4 Å². The van der Waals surface area contributed by atoms with Crippen molar-refractivity contribution >= 4 is 5.91 Å². The Bertz CT molecular complexity index is 1170. The Kier molecular flexibility index (Phi) is 8.10. The van der Waals surface area contributed by atoms with Crippen LogP contribution in [0, 0.1) is 11.7 Å². The molecular weight excluding hydrogens is 459 g/mol. The van der Waals surface area contributed by atoms with E-state index in [0.717, 1.165) is 30.0 Å². The summed E-state index contributed by atoms with van der Waals surface area (Å²) in [5.41, 5.74) is 2.91. The van der Waals surface area contributed by atoms with Crippen molar-refractivity contribution in [1.82, 2.24) is 9.80 Å². The SMILES string of the molecule is COc1ccc([C@@H]2CN(Cc3ccc(OC)cc3O)C[C@@H]2CN(Cc2ccc(F)cc2)C(C)=O)cc1. The molecule has 7 heteroatoms. The maximum atomic E-state index is 13.4. The predicted octanol–water partition coefficient (Wildman–Crippen LogP) is 4.81. The van der Waals surface area contributed by atoms with Crippen LogP contribution >= 0.6 is 0 Å². The van der Waals surface area contributed by atoms with Crippen LogP contribution in [0.25, 0.3) is 0 Å². The molecule has 3 aromatic rings. The molecule has 0 spiro atoms. The molecule has 0 bridgehead atoms. The van der Waals surface area contributed by atoms with Gasteiger partial charge >= 0.3 is 0 Å². The summed E-state index contributed by atoms with van der Waals surface area (Å²) in [6.45, 7) is 4.75. The number of aromatic hydroxyl groups is 1. The number of halogens is 1. The molecule has 0 aliphatic carbocycles.